The van der Waals surface area contributed by atoms with Crippen molar-refractivity contribution in [3.8, 4) is 11.5 Å². The van der Waals surface area contributed by atoms with E-state index in [1.54, 1.807) is 31.2 Å². The maximum absolute atomic E-state index is 13.3. The number of aromatic nitrogens is 1. The first kappa shape index (κ1) is 25.4. The summed E-state index contributed by atoms with van der Waals surface area (Å²) in [6.45, 7) is 4.50. The predicted molar refractivity (Wildman–Crippen MR) is 153 cm³/mol. The number of fused-ring (bicyclic) bond motifs is 3. The average Bonchev–Trinajstić information content (AvgIpc) is 3.22. The van der Waals surface area contributed by atoms with Gasteiger partial charge < -0.3 is 14.6 Å². The van der Waals surface area contributed by atoms with Gasteiger partial charge in [-0.25, -0.2) is 8.42 Å². The third-order valence-electron chi connectivity index (χ3n) is 6.51. The molecular weight excluding hydrogens is 498 g/mol. The van der Waals surface area contributed by atoms with Crippen molar-refractivity contribution in [2.45, 2.75) is 26.4 Å². The highest BCUT2D eigenvalue weighted by molar-refractivity contribution is 7.92. The van der Waals surface area contributed by atoms with Gasteiger partial charge in [0.25, 0.3) is 0 Å². The maximum atomic E-state index is 13.3. The normalized spacial score (nSPS) is 12.4. The molecule has 4 aromatic carbocycles. The summed E-state index contributed by atoms with van der Waals surface area (Å²) >= 11 is 0. The number of ether oxygens (including phenoxy) is 1. The zero-order valence-electron chi connectivity index (χ0n) is 21.5. The Hall–Kier alpha value is -4.30. The lowest BCUT2D eigenvalue weighted by atomic mass is 10.1. The van der Waals surface area contributed by atoms with Crippen LogP contribution in [0.3, 0.4) is 0 Å². The zero-order chi connectivity index (χ0) is 26.9. The summed E-state index contributed by atoms with van der Waals surface area (Å²) in [5.74, 6) is 0.802. The Morgan fingerprint density at radius 1 is 0.868 bits per heavy atom. The van der Waals surface area contributed by atoms with Gasteiger partial charge in [0.2, 0.25) is 15.9 Å². The molecule has 0 aliphatic heterocycles. The number of para-hydroxylation sites is 2. The topological polar surface area (TPSA) is 80.6 Å². The molecule has 0 fully saturated rings. The Morgan fingerprint density at radius 2 is 1.50 bits per heavy atom. The standard InChI is InChI=1S/C30H29N3O4S/c1-4-32-28-13-9-8-12-26(28)27-20-22(14-19-29(27)32)31-30(34)21(2)33(38(3,35)36)23-15-17-25(18-16-23)37-24-10-6-5-7-11-24/h5-21H,4H2,1-3H3,(H,31,34)/t21-/m0/s1. The number of amides is 1. The van der Waals surface area contributed by atoms with E-state index in [9.17, 15) is 13.2 Å². The van der Waals surface area contributed by atoms with E-state index in [1.165, 1.54) is 0 Å². The van der Waals surface area contributed by atoms with Crippen LogP contribution < -0.4 is 14.4 Å². The van der Waals surface area contributed by atoms with E-state index in [-0.39, 0.29) is 0 Å². The number of aryl methyl sites for hydroxylation is 1. The monoisotopic (exact) mass is 527 g/mol. The average molecular weight is 528 g/mol. The van der Waals surface area contributed by atoms with Crippen LogP contribution in [-0.4, -0.2) is 31.2 Å². The molecule has 0 spiro atoms. The molecule has 1 aromatic heterocycles. The van der Waals surface area contributed by atoms with E-state index in [0.29, 0.717) is 22.9 Å². The third kappa shape index (κ3) is 4.95. The lowest BCUT2D eigenvalue weighted by molar-refractivity contribution is -0.116. The fourth-order valence-electron chi connectivity index (χ4n) is 4.81. The molecule has 0 bridgehead atoms. The van der Waals surface area contributed by atoms with E-state index >= 15 is 0 Å². The number of rotatable bonds is 8. The van der Waals surface area contributed by atoms with E-state index < -0.39 is 22.0 Å². The fraction of sp³-hybridized carbons (Fsp3) is 0.167. The number of benzene rings is 4. The van der Waals surface area contributed by atoms with Gasteiger partial charge in [-0.05, 0) is 74.5 Å². The SMILES string of the molecule is CCn1c2ccccc2c2cc(NC(=O)[C@H](C)N(c3ccc(Oc4ccccc4)cc3)S(C)(=O)=O)ccc21. The molecule has 1 amide bonds. The highest BCUT2D eigenvalue weighted by Crippen LogP contribution is 2.32. The summed E-state index contributed by atoms with van der Waals surface area (Å²) in [5.41, 5.74) is 3.19. The number of nitrogens with zero attached hydrogens (tertiary/aromatic N) is 2. The number of nitrogens with one attached hydrogen (secondary N) is 1. The Morgan fingerprint density at radius 3 is 2.18 bits per heavy atom. The number of hydrogen-bond donors (Lipinski definition) is 1. The van der Waals surface area contributed by atoms with Gasteiger partial charge >= 0.3 is 0 Å². The molecule has 0 saturated carbocycles. The van der Waals surface area contributed by atoms with Crippen LogP contribution in [0.5, 0.6) is 11.5 Å². The molecule has 8 heteroatoms. The van der Waals surface area contributed by atoms with Gasteiger partial charge in [-0.2, -0.15) is 0 Å². The molecule has 0 radical (unpaired) electrons. The largest absolute Gasteiger partial charge is 0.457 e. The first-order valence-electron chi connectivity index (χ1n) is 12.4. The molecule has 1 N–H and O–H groups in total. The van der Waals surface area contributed by atoms with Crippen LogP contribution in [0.2, 0.25) is 0 Å². The molecule has 0 aliphatic carbocycles. The number of carbonyl (C=O) groups excluding carboxylic acids is 1. The van der Waals surface area contributed by atoms with Crippen molar-refractivity contribution >= 4 is 49.1 Å². The summed E-state index contributed by atoms with van der Waals surface area (Å²) in [6.07, 6.45) is 1.09. The highest BCUT2D eigenvalue weighted by atomic mass is 32.2. The third-order valence-corrected chi connectivity index (χ3v) is 7.76. The van der Waals surface area contributed by atoms with Crippen molar-refractivity contribution in [3.63, 3.8) is 0 Å². The van der Waals surface area contributed by atoms with Gasteiger partial charge in [-0.1, -0.05) is 36.4 Å². The van der Waals surface area contributed by atoms with Crippen LogP contribution in [0.15, 0.2) is 97.1 Å². The smallest absolute Gasteiger partial charge is 0.247 e. The van der Waals surface area contributed by atoms with Crippen LogP contribution in [-0.2, 0) is 21.4 Å². The van der Waals surface area contributed by atoms with Crippen molar-refractivity contribution in [2.75, 3.05) is 15.9 Å². The van der Waals surface area contributed by atoms with Gasteiger partial charge in [0.05, 0.1) is 11.9 Å². The van der Waals surface area contributed by atoms with Crippen LogP contribution in [0.4, 0.5) is 11.4 Å². The second-order valence-corrected chi connectivity index (χ2v) is 11.0. The summed E-state index contributed by atoms with van der Waals surface area (Å²) in [5, 5.41) is 5.04. The summed E-state index contributed by atoms with van der Waals surface area (Å²) in [7, 11) is -3.76. The Balaban J connectivity index is 1.40. The van der Waals surface area contributed by atoms with Crippen LogP contribution in [0.1, 0.15) is 13.8 Å². The van der Waals surface area contributed by atoms with Gasteiger partial charge in [-0.15, -0.1) is 0 Å². The summed E-state index contributed by atoms with van der Waals surface area (Å²) in [4.78, 5) is 13.3. The zero-order valence-corrected chi connectivity index (χ0v) is 22.3. The van der Waals surface area contributed by atoms with Gasteiger partial charge in [0.1, 0.15) is 17.5 Å². The summed E-state index contributed by atoms with van der Waals surface area (Å²) < 4.78 is 34.7. The molecule has 0 unspecified atom stereocenters. The summed E-state index contributed by atoms with van der Waals surface area (Å²) in [6, 6.07) is 28.9. The van der Waals surface area contributed by atoms with Crippen LogP contribution in [0, 0.1) is 0 Å². The second kappa shape index (κ2) is 10.2. The van der Waals surface area contributed by atoms with E-state index in [0.717, 1.165) is 38.9 Å². The molecule has 194 valence electrons. The Labute approximate surface area is 222 Å². The quantitative estimate of drug-likeness (QED) is 0.253. The maximum Gasteiger partial charge on any atom is 0.247 e. The molecule has 1 atom stereocenters. The minimum atomic E-state index is -3.76. The minimum Gasteiger partial charge on any atom is -0.457 e. The van der Waals surface area contributed by atoms with Crippen molar-refractivity contribution in [1.29, 1.82) is 0 Å². The van der Waals surface area contributed by atoms with Gasteiger partial charge in [-0.3, -0.25) is 9.10 Å². The number of sulfonamides is 1. The molecule has 0 aliphatic rings. The second-order valence-electron chi connectivity index (χ2n) is 9.13. The van der Waals surface area contributed by atoms with Crippen molar-refractivity contribution in [1.82, 2.24) is 4.57 Å². The molecular formula is C30H29N3O4S. The van der Waals surface area contributed by atoms with E-state index in [1.807, 2.05) is 60.7 Å². The minimum absolute atomic E-state index is 0.372. The highest BCUT2D eigenvalue weighted by Gasteiger charge is 2.29. The van der Waals surface area contributed by atoms with Gasteiger partial charge in [0.15, 0.2) is 0 Å². The molecule has 5 rings (SSSR count). The molecule has 5 aromatic rings. The van der Waals surface area contributed by atoms with E-state index in [4.69, 9.17) is 4.74 Å². The number of hydrogen-bond acceptors (Lipinski definition) is 4. The predicted octanol–water partition coefficient (Wildman–Crippen LogP) is 6.40. The van der Waals surface area contributed by atoms with E-state index in [2.05, 4.69) is 28.9 Å². The lowest BCUT2D eigenvalue weighted by Gasteiger charge is -2.28. The molecule has 38 heavy (non-hydrogen) atoms. The lowest BCUT2D eigenvalue weighted by Crippen LogP contribution is -2.45. The van der Waals surface area contributed by atoms with Crippen molar-refractivity contribution in [2.24, 2.45) is 0 Å². The Bertz CT molecular complexity index is 1710. The molecule has 1 heterocycles. The van der Waals surface area contributed by atoms with Crippen molar-refractivity contribution < 1.29 is 17.9 Å². The number of anilines is 2. The first-order valence-corrected chi connectivity index (χ1v) is 14.3. The molecule has 7 nitrogen and oxygen atoms in total. The van der Waals surface area contributed by atoms with Crippen molar-refractivity contribution in [3.05, 3.63) is 97.1 Å². The number of carbonyl (C=O) groups is 1. The first-order chi connectivity index (χ1) is 18.3. The van der Waals surface area contributed by atoms with Crippen LogP contribution >= 0.6 is 0 Å². The molecule has 0 saturated heterocycles. The Kier molecular flexibility index (Phi) is 6.82. The fourth-order valence-corrected chi connectivity index (χ4v) is 5.99. The van der Waals surface area contributed by atoms with Gasteiger partial charge in [0, 0.05) is 34.0 Å². The van der Waals surface area contributed by atoms with Crippen LogP contribution in [0.25, 0.3) is 21.8 Å².